The zero-order valence-corrected chi connectivity index (χ0v) is 15.9. The minimum Gasteiger partial charge on any atom is -0.497 e. The van der Waals surface area contributed by atoms with E-state index in [1.165, 1.54) is 23.1 Å². The first kappa shape index (κ1) is 17.1. The van der Waals surface area contributed by atoms with Crippen molar-refractivity contribution in [3.8, 4) is 5.75 Å². The van der Waals surface area contributed by atoms with Crippen LogP contribution in [0.2, 0.25) is 5.02 Å². The highest BCUT2D eigenvalue weighted by molar-refractivity contribution is 8.18. The second-order valence-corrected chi connectivity index (χ2v) is 7.84. The number of nitrogens with one attached hydrogen (secondary N) is 1. The van der Waals surface area contributed by atoms with Crippen molar-refractivity contribution in [2.45, 2.75) is 0 Å². The van der Waals surface area contributed by atoms with E-state index in [1.807, 2.05) is 36.4 Å². The number of amides is 1. The number of benzene rings is 2. The van der Waals surface area contributed by atoms with Crippen LogP contribution >= 0.6 is 34.7 Å². The van der Waals surface area contributed by atoms with Crippen LogP contribution in [0.1, 0.15) is 5.56 Å². The van der Waals surface area contributed by atoms with E-state index in [1.54, 1.807) is 19.2 Å². The summed E-state index contributed by atoms with van der Waals surface area (Å²) in [5.74, 6) is 0.601. The summed E-state index contributed by atoms with van der Waals surface area (Å²) in [5.41, 5.74) is 1.75. The number of methoxy groups -OCH3 is 1. The third-order valence-corrected chi connectivity index (χ3v) is 5.67. The minimum atomic E-state index is -0.175. The summed E-state index contributed by atoms with van der Waals surface area (Å²) in [6.07, 6.45) is 1.81. The van der Waals surface area contributed by atoms with Crippen LogP contribution in [0.5, 0.6) is 5.75 Å². The second-order valence-electron chi connectivity index (χ2n) is 5.36. The van der Waals surface area contributed by atoms with Gasteiger partial charge in [0.2, 0.25) is 5.13 Å². The fourth-order valence-electron chi connectivity index (χ4n) is 2.35. The van der Waals surface area contributed by atoms with E-state index in [2.05, 4.69) is 15.3 Å². The Morgan fingerprint density at radius 3 is 2.81 bits per heavy atom. The number of halogens is 1. The molecule has 8 heteroatoms. The van der Waals surface area contributed by atoms with Crippen LogP contribution in [0, 0.1) is 0 Å². The highest BCUT2D eigenvalue weighted by atomic mass is 35.5. The van der Waals surface area contributed by atoms with Gasteiger partial charge in [-0.05, 0) is 53.7 Å². The molecule has 0 aliphatic carbocycles. The summed E-state index contributed by atoms with van der Waals surface area (Å²) in [5, 5.41) is 4.53. The Morgan fingerprint density at radius 1 is 1.23 bits per heavy atom. The van der Waals surface area contributed by atoms with E-state index in [9.17, 15) is 4.79 Å². The summed E-state index contributed by atoms with van der Waals surface area (Å²) < 4.78 is 6.20. The standard InChI is InChI=1S/C18H12ClN3O2S2/c1-24-12-6-7-13-14(9-12)25-17(20-13)22-18-21-16(23)15(26-18)8-10-2-4-11(19)5-3-10/h2-9H,1H3,(H,20,21,22,23)/b15-8+. The number of ether oxygens (including phenoxy) is 1. The van der Waals surface area contributed by atoms with Crippen molar-refractivity contribution >= 4 is 67.2 Å². The molecule has 0 bridgehead atoms. The molecule has 3 aromatic rings. The maximum atomic E-state index is 12.2. The quantitative estimate of drug-likeness (QED) is 0.637. The smallest absolute Gasteiger partial charge is 0.264 e. The van der Waals surface area contributed by atoms with E-state index in [0.717, 1.165) is 21.5 Å². The Kier molecular flexibility index (Phi) is 4.67. The topological polar surface area (TPSA) is 63.6 Å². The number of thiazole rings is 1. The summed E-state index contributed by atoms with van der Waals surface area (Å²) in [6.45, 7) is 0. The highest BCUT2D eigenvalue weighted by Crippen LogP contribution is 2.33. The number of amidine groups is 1. The van der Waals surface area contributed by atoms with Gasteiger partial charge in [0.15, 0.2) is 5.17 Å². The average molecular weight is 402 g/mol. The molecule has 1 N–H and O–H groups in total. The van der Waals surface area contributed by atoms with Crippen molar-refractivity contribution in [3.63, 3.8) is 0 Å². The first-order valence-electron chi connectivity index (χ1n) is 7.60. The van der Waals surface area contributed by atoms with E-state index in [0.29, 0.717) is 20.2 Å². The fourth-order valence-corrected chi connectivity index (χ4v) is 4.22. The first-order valence-corrected chi connectivity index (χ1v) is 9.61. The van der Waals surface area contributed by atoms with Gasteiger partial charge in [0.1, 0.15) is 5.75 Å². The summed E-state index contributed by atoms with van der Waals surface area (Å²) in [4.78, 5) is 21.7. The monoisotopic (exact) mass is 401 g/mol. The minimum absolute atomic E-state index is 0.175. The van der Waals surface area contributed by atoms with Gasteiger partial charge in [0.05, 0.1) is 22.2 Å². The van der Waals surface area contributed by atoms with Crippen molar-refractivity contribution in [3.05, 3.63) is 58.0 Å². The molecule has 130 valence electrons. The number of nitrogens with zero attached hydrogens (tertiary/aromatic N) is 2. The van der Waals surface area contributed by atoms with E-state index in [-0.39, 0.29) is 5.91 Å². The molecule has 1 fully saturated rings. The van der Waals surface area contributed by atoms with Crippen LogP contribution in [-0.2, 0) is 4.79 Å². The maximum absolute atomic E-state index is 12.2. The predicted molar refractivity (Wildman–Crippen MR) is 108 cm³/mol. The summed E-state index contributed by atoms with van der Waals surface area (Å²) in [6, 6.07) is 13.0. The molecule has 1 saturated heterocycles. The predicted octanol–water partition coefficient (Wildman–Crippen LogP) is 4.85. The number of thioether (sulfide) groups is 1. The lowest BCUT2D eigenvalue weighted by Gasteiger charge is -1.96. The van der Waals surface area contributed by atoms with Crippen LogP contribution < -0.4 is 10.1 Å². The summed E-state index contributed by atoms with van der Waals surface area (Å²) >= 11 is 8.62. The van der Waals surface area contributed by atoms with Crippen LogP contribution in [0.4, 0.5) is 5.13 Å². The largest absolute Gasteiger partial charge is 0.497 e. The molecule has 4 rings (SSSR count). The number of aromatic nitrogens is 1. The van der Waals surface area contributed by atoms with Gasteiger partial charge >= 0.3 is 0 Å². The van der Waals surface area contributed by atoms with Crippen molar-refractivity contribution in [2.75, 3.05) is 7.11 Å². The highest BCUT2D eigenvalue weighted by Gasteiger charge is 2.24. The molecule has 0 saturated carbocycles. The zero-order valence-electron chi connectivity index (χ0n) is 13.5. The Balaban J connectivity index is 1.59. The molecule has 1 aromatic heterocycles. The van der Waals surface area contributed by atoms with Gasteiger partial charge in [0.25, 0.3) is 5.91 Å². The SMILES string of the molecule is COc1ccc2nc(/N=C3\NC(=O)/C(=C\c4ccc(Cl)cc4)S3)sc2c1. The molecule has 1 aliphatic rings. The Morgan fingerprint density at radius 2 is 2.04 bits per heavy atom. The molecule has 2 aromatic carbocycles. The molecule has 2 heterocycles. The molecule has 0 radical (unpaired) electrons. The van der Waals surface area contributed by atoms with Gasteiger partial charge in [0, 0.05) is 5.02 Å². The second kappa shape index (κ2) is 7.11. The lowest BCUT2D eigenvalue weighted by molar-refractivity contribution is -0.115. The van der Waals surface area contributed by atoms with Crippen molar-refractivity contribution < 1.29 is 9.53 Å². The Labute approximate surface area is 162 Å². The van der Waals surface area contributed by atoms with Gasteiger partial charge < -0.3 is 10.1 Å². The van der Waals surface area contributed by atoms with Crippen molar-refractivity contribution in [2.24, 2.45) is 4.99 Å². The Hall–Kier alpha value is -2.35. The first-order chi connectivity index (χ1) is 12.6. The molecule has 1 amide bonds. The third kappa shape index (κ3) is 3.60. The molecule has 0 unspecified atom stereocenters. The molecular weight excluding hydrogens is 390 g/mol. The normalized spacial score (nSPS) is 17.2. The van der Waals surface area contributed by atoms with E-state index in [4.69, 9.17) is 16.3 Å². The zero-order chi connectivity index (χ0) is 18.1. The van der Waals surface area contributed by atoms with Crippen LogP contribution in [0.3, 0.4) is 0 Å². The van der Waals surface area contributed by atoms with E-state index < -0.39 is 0 Å². The van der Waals surface area contributed by atoms with Gasteiger partial charge in [-0.15, -0.1) is 0 Å². The molecule has 1 aliphatic heterocycles. The fraction of sp³-hybridized carbons (Fsp3) is 0.0556. The lowest BCUT2D eigenvalue weighted by atomic mass is 10.2. The summed E-state index contributed by atoms with van der Waals surface area (Å²) in [7, 11) is 1.63. The van der Waals surface area contributed by atoms with Gasteiger partial charge in [-0.2, -0.15) is 4.99 Å². The van der Waals surface area contributed by atoms with Crippen LogP contribution in [0.25, 0.3) is 16.3 Å². The molecule has 0 atom stereocenters. The lowest BCUT2D eigenvalue weighted by Crippen LogP contribution is -2.19. The van der Waals surface area contributed by atoms with Gasteiger partial charge in [-0.3, -0.25) is 4.79 Å². The van der Waals surface area contributed by atoms with Crippen molar-refractivity contribution in [1.82, 2.24) is 10.3 Å². The number of hydrogen-bond acceptors (Lipinski definition) is 6. The number of hydrogen-bond donors (Lipinski definition) is 1. The third-order valence-electron chi connectivity index (χ3n) is 3.60. The van der Waals surface area contributed by atoms with Crippen molar-refractivity contribution in [1.29, 1.82) is 0 Å². The number of carbonyl (C=O) groups excluding carboxylic acids is 1. The Bertz CT molecular complexity index is 1060. The molecule has 5 nitrogen and oxygen atoms in total. The van der Waals surface area contributed by atoms with Gasteiger partial charge in [-0.25, -0.2) is 4.98 Å². The van der Waals surface area contributed by atoms with Crippen LogP contribution in [0.15, 0.2) is 52.4 Å². The number of carbonyl (C=O) groups is 1. The number of aliphatic imine (C=N–C) groups is 1. The maximum Gasteiger partial charge on any atom is 0.264 e. The van der Waals surface area contributed by atoms with Gasteiger partial charge in [-0.1, -0.05) is 35.1 Å². The molecule has 26 heavy (non-hydrogen) atoms. The number of fused-ring (bicyclic) bond motifs is 1. The average Bonchev–Trinajstić information content (AvgIpc) is 3.19. The molecule has 0 spiro atoms. The van der Waals surface area contributed by atoms with Crippen LogP contribution in [-0.4, -0.2) is 23.2 Å². The van der Waals surface area contributed by atoms with E-state index >= 15 is 0 Å². The number of rotatable bonds is 3. The molecular formula is C18H12ClN3O2S2.